The Morgan fingerprint density at radius 1 is 1.04 bits per heavy atom. The second-order valence-electron chi connectivity index (χ2n) is 6.96. The molecular formula is C21H26O6. The molecule has 1 aromatic rings. The maximum absolute atomic E-state index is 13.0. The number of fused-ring (bicyclic) bond motifs is 1. The molecule has 0 saturated heterocycles. The van der Waals surface area contributed by atoms with Gasteiger partial charge in [0.05, 0.1) is 13.2 Å². The Bertz CT molecular complexity index is 785. The van der Waals surface area contributed by atoms with Crippen molar-refractivity contribution in [3.8, 4) is 0 Å². The van der Waals surface area contributed by atoms with Gasteiger partial charge < -0.3 is 14.2 Å². The largest absolute Gasteiger partial charge is 0.465 e. The monoisotopic (exact) mass is 374 g/mol. The third-order valence-corrected chi connectivity index (χ3v) is 4.49. The van der Waals surface area contributed by atoms with E-state index in [0.717, 1.165) is 5.56 Å². The van der Waals surface area contributed by atoms with Crippen LogP contribution in [0.1, 0.15) is 51.3 Å². The molecule has 0 unspecified atom stereocenters. The molecule has 0 N–H and O–H groups in total. The molecule has 0 aromatic heterocycles. The molecule has 0 bridgehead atoms. The zero-order valence-electron chi connectivity index (χ0n) is 16.7. The van der Waals surface area contributed by atoms with Gasteiger partial charge in [0, 0.05) is 12.5 Å². The molecule has 0 heterocycles. The molecule has 6 heteroatoms. The van der Waals surface area contributed by atoms with E-state index in [0.29, 0.717) is 16.7 Å². The van der Waals surface area contributed by atoms with E-state index in [9.17, 15) is 14.4 Å². The number of ether oxygens (including phenoxy) is 3. The van der Waals surface area contributed by atoms with Crippen LogP contribution in [0.3, 0.4) is 0 Å². The molecule has 0 aliphatic heterocycles. The van der Waals surface area contributed by atoms with E-state index in [1.165, 1.54) is 13.0 Å². The van der Waals surface area contributed by atoms with Crippen LogP contribution in [-0.4, -0.2) is 36.7 Å². The van der Waals surface area contributed by atoms with Crippen molar-refractivity contribution in [2.75, 3.05) is 13.2 Å². The Kier molecular flexibility index (Phi) is 5.78. The van der Waals surface area contributed by atoms with Crippen LogP contribution in [0.5, 0.6) is 0 Å². The van der Waals surface area contributed by atoms with Crippen molar-refractivity contribution in [2.45, 2.75) is 52.6 Å². The molecule has 6 nitrogen and oxygen atoms in total. The number of rotatable bonds is 6. The molecule has 0 saturated carbocycles. The molecule has 0 atom stereocenters. The second kappa shape index (κ2) is 7.55. The van der Waals surface area contributed by atoms with Gasteiger partial charge >= 0.3 is 17.9 Å². The molecule has 0 amide bonds. The minimum absolute atomic E-state index is 0.123. The molecule has 27 heavy (non-hydrogen) atoms. The predicted molar refractivity (Wildman–Crippen MR) is 99.9 cm³/mol. The lowest BCUT2D eigenvalue weighted by molar-refractivity contribution is -0.161. The minimum Gasteiger partial charge on any atom is -0.465 e. The predicted octanol–water partition coefficient (Wildman–Crippen LogP) is 3.10. The number of benzene rings is 1. The molecule has 2 rings (SSSR count). The first kappa shape index (κ1) is 20.7. The summed E-state index contributed by atoms with van der Waals surface area (Å²) in [6.45, 7) is 10.3. The Labute approximate surface area is 159 Å². The molecule has 0 fully saturated rings. The van der Waals surface area contributed by atoms with E-state index in [1.807, 2.05) is 19.1 Å². The first-order chi connectivity index (χ1) is 12.6. The summed E-state index contributed by atoms with van der Waals surface area (Å²) in [7, 11) is 0. The van der Waals surface area contributed by atoms with Crippen LogP contribution < -0.4 is 0 Å². The van der Waals surface area contributed by atoms with E-state index in [1.54, 1.807) is 33.8 Å². The van der Waals surface area contributed by atoms with Crippen molar-refractivity contribution in [1.29, 1.82) is 0 Å². The summed E-state index contributed by atoms with van der Waals surface area (Å²) in [5, 5.41) is 0. The number of esters is 3. The van der Waals surface area contributed by atoms with Crippen LogP contribution in [0.25, 0.3) is 5.57 Å². The zero-order valence-corrected chi connectivity index (χ0v) is 16.7. The van der Waals surface area contributed by atoms with Gasteiger partial charge in [-0.1, -0.05) is 23.8 Å². The number of aryl methyl sites for hydroxylation is 1. The normalized spacial score (nSPS) is 14.8. The summed E-state index contributed by atoms with van der Waals surface area (Å²) in [5.41, 5.74) is -0.112. The average Bonchev–Trinajstić information content (AvgIpc) is 2.90. The fourth-order valence-electron chi connectivity index (χ4n) is 3.42. The Morgan fingerprint density at radius 3 is 2.07 bits per heavy atom. The highest BCUT2D eigenvalue weighted by Gasteiger charge is 2.55. The summed E-state index contributed by atoms with van der Waals surface area (Å²) >= 11 is 0. The third kappa shape index (κ3) is 3.61. The highest BCUT2D eigenvalue weighted by atomic mass is 16.6. The Balaban J connectivity index is 2.78. The van der Waals surface area contributed by atoms with Gasteiger partial charge in [-0.2, -0.15) is 0 Å². The number of hydrogen-bond acceptors (Lipinski definition) is 6. The Morgan fingerprint density at radius 2 is 1.59 bits per heavy atom. The second-order valence-corrected chi connectivity index (χ2v) is 6.96. The van der Waals surface area contributed by atoms with Crippen LogP contribution >= 0.6 is 0 Å². The van der Waals surface area contributed by atoms with E-state index < -0.39 is 28.9 Å². The molecule has 1 aliphatic rings. The van der Waals surface area contributed by atoms with Gasteiger partial charge in [-0.15, -0.1) is 0 Å². The van der Waals surface area contributed by atoms with Crippen molar-refractivity contribution in [2.24, 2.45) is 0 Å². The smallest absolute Gasteiger partial charge is 0.332 e. The summed E-state index contributed by atoms with van der Waals surface area (Å²) in [6, 6.07) is 5.42. The first-order valence-electron chi connectivity index (χ1n) is 8.99. The first-order valence-corrected chi connectivity index (χ1v) is 8.99. The van der Waals surface area contributed by atoms with E-state index in [2.05, 4.69) is 0 Å². The van der Waals surface area contributed by atoms with Crippen LogP contribution in [0.15, 0.2) is 24.3 Å². The molecular weight excluding hydrogens is 348 g/mol. The summed E-state index contributed by atoms with van der Waals surface area (Å²) < 4.78 is 15.9. The van der Waals surface area contributed by atoms with Gasteiger partial charge in [0.25, 0.3) is 0 Å². The van der Waals surface area contributed by atoms with E-state index >= 15 is 0 Å². The van der Waals surface area contributed by atoms with Gasteiger partial charge in [-0.25, -0.2) is 0 Å². The summed E-state index contributed by atoms with van der Waals surface area (Å²) in [5.74, 6) is -1.87. The minimum atomic E-state index is -1.72. The van der Waals surface area contributed by atoms with Crippen molar-refractivity contribution in [1.82, 2.24) is 0 Å². The zero-order chi connectivity index (χ0) is 20.4. The van der Waals surface area contributed by atoms with Crippen molar-refractivity contribution in [3.05, 3.63) is 41.0 Å². The molecule has 1 aromatic carbocycles. The maximum atomic E-state index is 13.0. The van der Waals surface area contributed by atoms with Crippen LogP contribution in [0, 0.1) is 6.92 Å². The van der Waals surface area contributed by atoms with Gasteiger partial charge in [0.15, 0.2) is 0 Å². The third-order valence-electron chi connectivity index (χ3n) is 4.49. The standard InChI is InChI=1S/C21H26O6/c1-7-25-18(23)21(19(24)26-8-2)12-17(20(5,6)27-14(4)22)15-11-13(3)9-10-16(15)21/h9-12H,7-8H2,1-6H3. The molecule has 1 aliphatic carbocycles. The van der Waals surface area contributed by atoms with Gasteiger partial charge in [0.1, 0.15) is 5.60 Å². The van der Waals surface area contributed by atoms with Crippen molar-refractivity contribution < 1.29 is 28.6 Å². The molecule has 0 radical (unpaired) electrons. The van der Waals surface area contributed by atoms with Gasteiger partial charge in [-0.05, 0) is 51.8 Å². The molecule has 0 spiro atoms. The lowest BCUT2D eigenvalue weighted by atomic mass is 9.82. The topological polar surface area (TPSA) is 78.9 Å². The van der Waals surface area contributed by atoms with Crippen molar-refractivity contribution in [3.63, 3.8) is 0 Å². The van der Waals surface area contributed by atoms with Crippen LogP contribution in [-0.2, 0) is 34.0 Å². The number of hydrogen-bond donors (Lipinski definition) is 0. The number of carbonyl (C=O) groups is 3. The van der Waals surface area contributed by atoms with Crippen LogP contribution in [0.2, 0.25) is 0 Å². The summed E-state index contributed by atoms with van der Waals surface area (Å²) in [4.78, 5) is 37.5. The Hall–Kier alpha value is -2.63. The number of carbonyl (C=O) groups excluding carboxylic acids is 3. The lowest BCUT2D eigenvalue weighted by Crippen LogP contribution is -2.43. The van der Waals surface area contributed by atoms with Gasteiger partial charge in [-0.3, -0.25) is 14.4 Å². The highest BCUT2D eigenvalue weighted by molar-refractivity contribution is 6.13. The van der Waals surface area contributed by atoms with E-state index in [4.69, 9.17) is 14.2 Å². The fraction of sp³-hybridized carbons (Fsp3) is 0.476. The maximum Gasteiger partial charge on any atom is 0.332 e. The lowest BCUT2D eigenvalue weighted by Gasteiger charge is -2.27. The SMILES string of the molecule is CCOC(=O)C1(C(=O)OCC)C=C(C(C)(C)OC(C)=O)c2cc(C)ccc21. The average molecular weight is 374 g/mol. The highest BCUT2D eigenvalue weighted by Crippen LogP contribution is 2.47. The molecule has 146 valence electrons. The van der Waals surface area contributed by atoms with E-state index in [-0.39, 0.29) is 13.2 Å². The van der Waals surface area contributed by atoms with Crippen LogP contribution in [0.4, 0.5) is 0 Å². The summed E-state index contributed by atoms with van der Waals surface area (Å²) in [6.07, 6.45) is 1.52. The van der Waals surface area contributed by atoms with Gasteiger partial charge in [0.2, 0.25) is 5.41 Å². The fourth-order valence-corrected chi connectivity index (χ4v) is 3.42. The van der Waals surface area contributed by atoms with Crippen molar-refractivity contribution >= 4 is 23.5 Å². The quantitative estimate of drug-likeness (QED) is 0.432.